The van der Waals surface area contributed by atoms with E-state index in [2.05, 4.69) is 4.72 Å². The van der Waals surface area contributed by atoms with Gasteiger partial charge in [0.25, 0.3) is 0 Å². The van der Waals surface area contributed by atoms with Crippen molar-refractivity contribution in [2.24, 2.45) is 0 Å². The molecule has 1 atom stereocenters. The quantitative estimate of drug-likeness (QED) is 0.496. The predicted octanol–water partition coefficient (Wildman–Crippen LogP) is 4.32. The molecule has 0 aromatic heterocycles. The Kier molecular flexibility index (Phi) is 7.95. The second-order valence-electron chi connectivity index (χ2n) is 5.08. The molecule has 1 unspecified atom stereocenters. The maximum Gasteiger partial charge on any atom is 0.322 e. The van der Waals surface area contributed by atoms with Gasteiger partial charge in [0.05, 0.1) is 7.18 Å². The summed E-state index contributed by atoms with van der Waals surface area (Å²) in [5.74, 6) is -4.45. The van der Waals surface area contributed by atoms with Crippen LogP contribution in [0.2, 0.25) is 0 Å². The van der Waals surface area contributed by atoms with Crippen LogP contribution in [0.15, 0.2) is 24.3 Å². The van der Waals surface area contributed by atoms with Crippen molar-refractivity contribution in [3.05, 3.63) is 35.6 Å². The molecule has 120 valence electrons. The Morgan fingerprint density at radius 3 is 2.14 bits per heavy atom. The molecule has 1 aromatic carbocycles. The molecule has 7 heteroatoms. The van der Waals surface area contributed by atoms with Gasteiger partial charge in [0.15, 0.2) is 6.29 Å². The maximum atomic E-state index is 13.6. The fourth-order valence-electron chi connectivity index (χ4n) is 1.36. The fraction of sp³-hybridized carbons (Fsp3) is 0.500. The zero-order valence-corrected chi connectivity index (χ0v) is 13.1. The van der Waals surface area contributed by atoms with Crippen LogP contribution < -0.4 is 4.72 Å². The monoisotopic (exact) mass is 325 g/mol. The van der Waals surface area contributed by atoms with Gasteiger partial charge in [-0.2, -0.15) is 8.78 Å². The summed E-state index contributed by atoms with van der Waals surface area (Å²) in [6.07, 6.45) is -0.458. The minimum absolute atomic E-state index is 0.226. The van der Waals surface area contributed by atoms with Gasteiger partial charge in [0.1, 0.15) is 11.9 Å². The summed E-state index contributed by atoms with van der Waals surface area (Å²) < 4.78 is 52.6. The lowest BCUT2D eigenvalue weighted by Crippen LogP contribution is -2.37. The first-order chi connectivity index (χ1) is 9.67. The molecule has 0 aliphatic carbocycles. The lowest BCUT2D eigenvalue weighted by atomic mass is 10.0. The summed E-state index contributed by atoms with van der Waals surface area (Å²) in [5, 5.41) is 0. The van der Waals surface area contributed by atoms with Crippen LogP contribution in [0.25, 0.3) is 0 Å². The first kappa shape index (κ1) is 19.9. The van der Waals surface area contributed by atoms with E-state index in [1.165, 1.54) is 18.2 Å². The molecule has 0 bridgehead atoms. The van der Waals surface area contributed by atoms with Crippen LogP contribution in [-0.4, -0.2) is 24.1 Å². The zero-order chi connectivity index (χ0) is 16.7. The highest BCUT2D eigenvalue weighted by molar-refractivity contribution is 7.98. The van der Waals surface area contributed by atoms with E-state index < -0.39 is 24.1 Å². The van der Waals surface area contributed by atoms with Gasteiger partial charge in [-0.25, -0.2) is 9.11 Å². The third kappa shape index (κ3) is 6.48. The van der Waals surface area contributed by atoms with Gasteiger partial charge in [0, 0.05) is 10.3 Å². The minimum atomic E-state index is -3.68. The normalized spacial score (nSPS) is 13.1. The standard InChI is InChI=1S/C13H16F3NOS.CH3F/c1-12(2,3)19-17-11(13(15,16)8-18)9-6-4-5-7-10(9)14;1-2/h4-8,11,17H,1-3H3;1H3. The van der Waals surface area contributed by atoms with Crippen molar-refractivity contribution in [2.75, 3.05) is 7.18 Å². The summed E-state index contributed by atoms with van der Waals surface area (Å²) in [5.41, 5.74) is -0.226. The zero-order valence-electron chi connectivity index (χ0n) is 12.3. The summed E-state index contributed by atoms with van der Waals surface area (Å²) in [6.45, 7) is 5.46. The maximum absolute atomic E-state index is 13.6. The largest absolute Gasteiger partial charge is 0.322 e. The van der Waals surface area contributed by atoms with Crippen LogP contribution in [-0.2, 0) is 4.79 Å². The first-order valence-electron chi connectivity index (χ1n) is 6.07. The SMILES string of the molecule is CC(C)(C)SNC(c1ccccc1F)C(F)(F)C=O.CF. The molecule has 1 rings (SSSR count). The third-order valence-corrected chi connectivity index (χ3v) is 3.21. The number of nitrogens with one attached hydrogen (secondary N) is 1. The summed E-state index contributed by atoms with van der Waals surface area (Å²) >= 11 is 1.03. The van der Waals surface area contributed by atoms with Gasteiger partial charge >= 0.3 is 5.92 Å². The Hall–Kier alpha value is -1.08. The lowest BCUT2D eigenvalue weighted by Gasteiger charge is -2.27. The molecule has 0 saturated carbocycles. The molecule has 1 N–H and O–H groups in total. The molecule has 0 aliphatic heterocycles. The highest BCUT2D eigenvalue weighted by Gasteiger charge is 2.42. The van der Waals surface area contributed by atoms with E-state index >= 15 is 0 Å². The van der Waals surface area contributed by atoms with E-state index in [0.717, 1.165) is 18.0 Å². The molecule has 0 radical (unpaired) electrons. The number of hydrogen-bond acceptors (Lipinski definition) is 3. The van der Waals surface area contributed by atoms with Crippen LogP contribution in [0.1, 0.15) is 32.4 Å². The molecule has 21 heavy (non-hydrogen) atoms. The van der Waals surface area contributed by atoms with E-state index in [1.807, 2.05) is 20.8 Å². The fourth-order valence-corrected chi connectivity index (χ4v) is 2.12. The van der Waals surface area contributed by atoms with Gasteiger partial charge in [0.2, 0.25) is 0 Å². The van der Waals surface area contributed by atoms with Crippen LogP contribution >= 0.6 is 11.9 Å². The van der Waals surface area contributed by atoms with Crippen LogP contribution in [0.4, 0.5) is 17.6 Å². The second-order valence-corrected chi connectivity index (χ2v) is 6.74. The van der Waals surface area contributed by atoms with Crippen molar-refractivity contribution in [2.45, 2.75) is 37.5 Å². The number of alkyl halides is 3. The average Bonchev–Trinajstić information content (AvgIpc) is 2.42. The van der Waals surface area contributed by atoms with E-state index in [1.54, 1.807) is 0 Å². The number of rotatable bonds is 5. The number of carbonyl (C=O) groups is 1. The number of aldehydes is 1. The van der Waals surface area contributed by atoms with Crippen molar-refractivity contribution in [1.29, 1.82) is 0 Å². The first-order valence-corrected chi connectivity index (χ1v) is 6.89. The highest BCUT2D eigenvalue weighted by atomic mass is 32.2. The Morgan fingerprint density at radius 1 is 1.19 bits per heavy atom. The van der Waals surface area contributed by atoms with E-state index in [9.17, 15) is 22.4 Å². The second kappa shape index (κ2) is 8.38. The van der Waals surface area contributed by atoms with Crippen molar-refractivity contribution in [1.82, 2.24) is 4.72 Å². The van der Waals surface area contributed by atoms with Crippen LogP contribution in [0.5, 0.6) is 0 Å². The summed E-state index contributed by atoms with van der Waals surface area (Å²) in [7, 11) is 0.500. The molecule has 0 heterocycles. The molecule has 0 saturated heterocycles. The molecule has 0 aliphatic rings. The molecule has 0 amide bonds. The topological polar surface area (TPSA) is 29.1 Å². The van der Waals surface area contributed by atoms with Crippen molar-refractivity contribution < 1.29 is 22.4 Å². The lowest BCUT2D eigenvalue weighted by molar-refractivity contribution is -0.132. The van der Waals surface area contributed by atoms with Gasteiger partial charge in [-0.15, -0.1) is 0 Å². The molecule has 0 fully saturated rings. The molecular formula is C14H19F4NOS. The van der Waals surface area contributed by atoms with Gasteiger partial charge < -0.3 is 0 Å². The molecular weight excluding hydrogens is 306 g/mol. The minimum Gasteiger partial charge on any atom is -0.297 e. The molecule has 1 aromatic rings. The average molecular weight is 325 g/mol. The Balaban J connectivity index is 0.00000191. The van der Waals surface area contributed by atoms with E-state index in [0.29, 0.717) is 7.18 Å². The number of benzene rings is 1. The third-order valence-electron chi connectivity index (χ3n) is 2.24. The molecule has 2 nitrogen and oxygen atoms in total. The van der Waals surface area contributed by atoms with Crippen molar-refractivity contribution in [3.8, 4) is 0 Å². The Morgan fingerprint density at radius 2 is 1.71 bits per heavy atom. The van der Waals surface area contributed by atoms with Gasteiger partial charge in [-0.3, -0.25) is 9.18 Å². The number of carbonyl (C=O) groups excluding carboxylic acids is 1. The number of halogens is 4. The Labute approximate surface area is 126 Å². The summed E-state index contributed by atoms with van der Waals surface area (Å²) in [6, 6.07) is 3.50. The molecule has 0 spiro atoms. The van der Waals surface area contributed by atoms with Crippen molar-refractivity contribution in [3.63, 3.8) is 0 Å². The van der Waals surface area contributed by atoms with Crippen LogP contribution in [0, 0.1) is 5.82 Å². The van der Waals surface area contributed by atoms with Crippen LogP contribution in [0.3, 0.4) is 0 Å². The van der Waals surface area contributed by atoms with E-state index in [-0.39, 0.29) is 10.3 Å². The van der Waals surface area contributed by atoms with Crippen molar-refractivity contribution >= 4 is 18.2 Å². The van der Waals surface area contributed by atoms with Gasteiger partial charge in [-0.05, 0) is 26.8 Å². The Bertz CT molecular complexity index is 449. The number of hydrogen-bond donors (Lipinski definition) is 1. The highest BCUT2D eigenvalue weighted by Crippen LogP contribution is 2.35. The summed E-state index contributed by atoms with van der Waals surface area (Å²) in [4.78, 5) is 10.6. The van der Waals surface area contributed by atoms with E-state index in [4.69, 9.17) is 0 Å². The van der Waals surface area contributed by atoms with Gasteiger partial charge in [-0.1, -0.05) is 30.1 Å². The smallest absolute Gasteiger partial charge is 0.297 e. The predicted molar refractivity (Wildman–Crippen MR) is 77.7 cm³/mol.